The Morgan fingerprint density at radius 1 is 1.22 bits per heavy atom. The highest BCUT2D eigenvalue weighted by molar-refractivity contribution is 5.92. The molecule has 0 radical (unpaired) electrons. The summed E-state index contributed by atoms with van der Waals surface area (Å²) in [5.74, 6) is -1.12. The third-order valence-electron chi connectivity index (χ3n) is 2.84. The van der Waals surface area contributed by atoms with E-state index in [-0.39, 0.29) is 16.7 Å². The van der Waals surface area contributed by atoms with E-state index in [1.54, 1.807) is 0 Å². The maximum atomic E-state index is 12.7. The number of carbonyl (C=O) groups excluding carboxylic acids is 1. The molecule has 0 aliphatic rings. The number of primary amides is 1. The molecule has 0 fully saturated rings. The second-order valence-corrected chi connectivity index (χ2v) is 4.67. The maximum Gasteiger partial charge on any atom is 0.416 e. The Bertz CT molecular complexity index is 733. The summed E-state index contributed by atoms with van der Waals surface area (Å²) in [7, 11) is 0. The molecule has 0 unspecified atom stereocenters. The Morgan fingerprint density at radius 2 is 1.87 bits per heavy atom. The van der Waals surface area contributed by atoms with Crippen molar-refractivity contribution in [3.05, 3.63) is 23.8 Å². The monoisotopic (exact) mass is 340 g/mol. The maximum absolute atomic E-state index is 12.7. The van der Waals surface area contributed by atoms with E-state index in [2.05, 4.69) is 10.4 Å². The zero-order valence-electron chi connectivity index (χ0n) is 11.3. The van der Waals surface area contributed by atoms with Gasteiger partial charge in [0.25, 0.3) is 0 Å². The first kappa shape index (κ1) is 16.9. The number of fused-ring (bicyclic) bond motifs is 1. The van der Waals surface area contributed by atoms with Crippen molar-refractivity contribution < 1.29 is 31.1 Å². The zero-order valence-corrected chi connectivity index (χ0v) is 11.3. The van der Waals surface area contributed by atoms with Crippen LogP contribution in [0.1, 0.15) is 5.56 Å². The minimum Gasteiger partial charge on any atom is -0.368 e. The first-order chi connectivity index (χ1) is 10.5. The molecule has 0 saturated carbocycles. The van der Waals surface area contributed by atoms with E-state index in [0.29, 0.717) is 16.8 Å². The second-order valence-electron chi connectivity index (χ2n) is 4.67. The van der Waals surface area contributed by atoms with Crippen LogP contribution >= 0.6 is 0 Å². The quantitative estimate of drug-likeness (QED) is 0.840. The van der Waals surface area contributed by atoms with Crippen molar-refractivity contribution >= 4 is 22.6 Å². The van der Waals surface area contributed by atoms with Crippen molar-refractivity contribution in [2.75, 3.05) is 11.9 Å². The number of benzene rings is 1. The van der Waals surface area contributed by atoms with Crippen LogP contribution in [0.2, 0.25) is 0 Å². The fourth-order valence-corrected chi connectivity index (χ4v) is 1.95. The lowest BCUT2D eigenvalue weighted by molar-refractivity contribution is -0.142. The van der Waals surface area contributed by atoms with Gasteiger partial charge in [0, 0.05) is 5.39 Å². The van der Waals surface area contributed by atoms with Gasteiger partial charge in [0.2, 0.25) is 5.91 Å². The number of amides is 1. The summed E-state index contributed by atoms with van der Waals surface area (Å²) in [6, 6.07) is 2.22. The summed E-state index contributed by atoms with van der Waals surface area (Å²) >= 11 is 0. The minimum atomic E-state index is -4.67. The van der Waals surface area contributed by atoms with Gasteiger partial charge in [-0.05, 0) is 18.2 Å². The van der Waals surface area contributed by atoms with Gasteiger partial charge in [-0.15, -0.1) is 0 Å². The second kappa shape index (κ2) is 5.63. The van der Waals surface area contributed by atoms with E-state index < -0.39 is 36.9 Å². The summed E-state index contributed by atoms with van der Waals surface area (Å²) < 4.78 is 76.3. The summed E-state index contributed by atoms with van der Waals surface area (Å²) in [5, 5.41) is 5.72. The Balaban J connectivity index is 2.54. The first-order valence-electron chi connectivity index (χ1n) is 6.14. The standard InChI is InChI=1S/C12H10F6N4O/c13-11(14,15)5-22-8-2-1-6(12(16,17)18)3-7(8)10(21-22)20-4-9(19)23/h1-3H,4-5H2,(H2,19,23)(H,20,21). The van der Waals surface area contributed by atoms with E-state index in [0.717, 1.165) is 6.07 Å². The number of rotatable bonds is 4. The van der Waals surface area contributed by atoms with Gasteiger partial charge in [0.05, 0.1) is 17.6 Å². The Kier molecular flexibility index (Phi) is 4.14. The molecule has 0 spiro atoms. The zero-order chi connectivity index (χ0) is 17.4. The molecule has 0 aliphatic heterocycles. The number of aromatic nitrogens is 2. The number of hydrogen-bond acceptors (Lipinski definition) is 3. The van der Waals surface area contributed by atoms with E-state index in [1.807, 2.05) is 0 Å². The van der Waals surface area contributed by atoms with Crippen LogP contribution in [0.5, 0.6) is 0 Å². The molecule has 0 saturated heterocycles. The smallest absolute Gasteiger partial charge is 0.368 e. The fraction of sp³-hybridized carbons (Fsp3) is 0.333. The summed E-state index contributed by atoms with van der Waals surface area (Å²) in [4.78, 5) is 10.7. The molecule has 126 valence electrons. The van der Waals surface area contributed by atoms with Gasteiger partial charge >= 0.3 is 12.4 Å². The average molecular weight is 340 g/mol. The number of nitrogens with two attached hydrogens (primary N) is 1. The molecule has 0 bridgehead atoms. The van der Waals surface area contributed by atoms with Crippen molar-refractivity contribution in [2.24, 2.45) is 5.73 Å². The van der Waals surface area contributed by atoms with Gasteiger partial charge in [-0.1, -0.05) is 0 Å². The molecular formula is C12H10F6N4O. The lowest BCUT2D eigenvalue weighted by Gasteiger charge is -2.08. The van der Waals surface area contributed by atoms with Crippen molar-refractivity contribution in [3.8, 4) is 0 Å². The normalized spacial score (nSPS) is 12.6. The van der Waals surface area contributed by atoms with Gasteiger partial charge in [-0.3, -0.25) is 9.48 Å². The number of alkyl halides is 6. The number of hydrogen-bond donors (Lipinski definition) is 2. The van der Waals surface area contributed by atoms with Crippen molar-refractivity contribution in [3.63, 3.8) is 0 Å². The van der Waals surface area contributed by atoms with E-state index in [9.17, 15) is 31.1 Å². The lowest BCUT2D eigenvalue weighted by atomic mass is 10.1. The summed E-state index contributed by atoms with van der Waals surface area (Å²) in [6.07, 6.45) is -9.27. The summed E-state index contributed by atoms with van der Waals surface area (Å²) in [5.41, 5.74) is 3.70. The molecule has 1 aromatic heterocycles. The molecule has 5 nitrogen and oxygen atoms in total. The van der Waals surface area contributed by atoms with Crippen LogP contribution in [0.25, 0.3) is 10.9 Å². The molecule has 2 rings (SSSR count). The summed E-state index contributed by atoms with van der Waals surface area (Å²) in [6.45, 7) is -1.96. The molecule has 1 aromatic carbocycles. The van der Waals surface area contributed by atoms with Gasteiger partial charge in [0.15, 0.2) is 5.82 Å². The highest BCUT2D eigenvalue weighted by Gasteiger charge is 2.33. The Hall–Kier alpha value is -2.46. The van der Waals surface area contributed by atoms with Gasteiger partial charge < -0.3 is 11.1 Å². The topological polar surface area (TPSA) is 72.9 Å². The van der Waals surface area contributed by atoms with Gasteiger partial charge in [-0.25, -0.2) is 0 Å². The minimum absolute atomic E-state index is 0.151. The van der Waals surface area contributed by atoms with E-state index in [4.69, 9.17) is 5.73 Å². The molecule has 23 heavy (non-hydrogen) atoms. The number of halogens is 6. The van der Waals surface area contributed by atoms with Crippen molar-refractivity contribution in [1.29, 1.82) is 0 Å². The highest BCUT2D eigenvalue weighted by atomic mass is 19.4. The molecule has 0 atom stereocenters. The average Bonchev–Trinajstić information content (AvgIpc) is 2.71. The molecule has 1 heterocycles. The van der Waals surface area contributed by atoms with Crippen LogP contribution in [0.3, 0.4) is 0 Å². The Labute approximate surface area is 125 Å². The van der Waals surface area contributed by atoms with E-state index in [1.165, 1.54) is 0 Å². The van der Waals surface area contributed by atoms with Crippen LogP contribution in [-0.2, 0) is 17.5 Å². The molecule has 2 aromatic rings. The van der Waals surface area contributed by atoms with Crippen molar-refractivity contribution in [1.82, 2.24) is 9.78 Å². The third-order valence-corrected chi connectivity index (χ3v) is 2.84. The molecule has 1 amide bonds. The van der Waals surface area contributed by atoms with Crippen LogP contribution in [0.15, 0.2) is 18.2 Å². The number of anilines is 1. The SMILES string of the molecule is NC(=O)CNc1nn(CC(F)(F)F)c2ccc(C(F)(F)F)cc12. The molecule has 0 aliphatic carbocycles. The van der Waals surface area contributed by atoms with Crippen LogP contribution in [0, 0.1) is 0 Å². The third kappa shape index (κ3) is 4.05. The predicted molar refractivity (Wildman–Crippen MR) is 68.5 cm³/mol. The highest BCUT2D eigenvalue weighted by Crippen LogP contribution is 2.34. The molecular weight excluding hydrogens is 330 g/mol. The van der Waals surface area contributed by atoms with Gasteiger partial charge in [-0.2, -0.15) is 31.4 Å². The first-order valence-corrected chi connectivity index (χ1v) is 6.14. The number of carbonyl (C=O) groups is 1. The van der Waals surface area contributed by atoms with Crippen LogP contribution < -0.4 is 11.1 Å². The lowest BCUT2D eigenvalue weighted by Crippen LogP contribution is -2.22. The number of nitrogens with one attached hydrogen (secondary N) is 1. The molecule has 3 N–H and O–H groups in total. The largest absolute Gasteiger partial charge is 0.416 e. The molecule has 11 heteroatoms. The van der Waals surface area contributed by atoms with Crippen LogP contribution in [-0.4, -0.2) is 28.4 Å². The van der Waals surface area contributed by atoms with Gasteiger partial charge in [0.1, 0.15) is 6.54 Å². The van der Waals surface area contributed by atoms with Crippen molar-refractivity contribution in [2.45, 2.75) is 18.9 Å². The van der Waals surface area contributed by atoms with E-state index >= 15 is 0 Å². The fourth-order valence-electron chi connectivity index (χ4n) is 1.95. The number of nitrogens with zero attached hydrogens (tertiary/aromatic N) is 2. The predicted octanol–water partition coefficient (Wildman–Crippen LogP) is 2.51. The Morgan fingerprint density at radius 3 is 2.39 bits per heavy atom. The van der Waals surface area contributed by atoms with Crippen LogP contribution in [0.4, 0.5) is 32.2 Å².